The van der Waals surface area contributed by atoms with Crippen LogP contribution in [0.1, 0.15) is 74.1 Å². The van der Waals surface area contributed by atoms with Crippen molar-refractivity contribution in [3.05, 3.63) is 58.4 Å². The Bertz CT molecular complexity index is 972. The van der Waals surface area contributed by atoms with Gasteiger partial charge in [-0.05, 0) is 73.8 Å². The van der Waals surface area contributed by atoms with E-state index in [4.69, 9.17) is 21.3 Å². The molecule has 2 heterocycles. The molecule has 1 amide bonds. The minimum absolute atomic E-state index is 0.109. The molecule has 3 fully saturated rings. The Hall–Kier alpha value is -2.07. The van der Waals surface area contributed by atoms with E-state index in [-0.39, 0.29) is 35.1 Å². The first-order chi connectivity index (χ1) is 14.4. The number of carbonyl (C=O) groups excluding carboxylic acids is 1. The molecule has 5 rings (SSSR count). The molecule has 0 spiro atoms. The molecule has 1 aliphatic heterocycles. The molecule has 2 aromatic rings. The van der Waals surface area contributed by atoms with Crippen molar-refractivity contribution in [2.75, 3.05) is 7.11 Å². The highest BCUT2D eigenvalue weighted by atomic mass is 35.5. The van der Waals surface area contributed by atoms with Crippen LogP contribution in [0.4, 0.5) is 0 Å². The van der Waals surface area contributed by atoms with Gasteiger partial charge in [0, 0.05) is 34.8 Å². The van der Waals surface area contributed by atoms with Crippen molar-refractivity contribution < 1.29 is 9.53 Å². The van der Waals surface area contributed by atoms with Crippen molar-refractivity contribution in [3.8, 4) is 5.75 Å². The lowest BCUT2D eigenvalue weighted by Gasteiger charge is -2.45. The van der Waals surface area contributed by atoms with Gasteiger partial charge in [-0.15, -0.1) is 0 Å². The van der Waals surface area contributed by atoms with Crippen LogP contribution in [0.25, 0.3) is 0 Å². The van der Waals surface area contributed by atoms with Crippen LogP contribution in [0.5, 0.6) is 5.75 Å². The second-order valence-corrected chi connectivity index (χ2v) is 9.96. The number of benzene rings is 1. The average molecular weight is 425 g/mol. The number of methoxy groups -OCH3 is 1. The lowest BCUT2D eigenvalue weighted by molar-refractivity contribution is -0.129. The van der Waals surface area contributed by atoms with Crippen molar-refractivity contribution in [2.45, 2.75) is 63.3 Å². The van der Waals surface area contributed by atoms with Gasteiger partial charge in [-0.1, -0.05) is 30.7 Å². The van der Waals surface area contributed by atoms with E-state index in [0.29, 0.717) is 5.92 Å². The van der Waals surface area contributed by atoms with Crippen LogP contribution in [0.15, 0.2) is 36.5 Å². The molecule has 5 heteroatoms. The summed E-state index contributed by atoms with van der Waals surface area (Å²) in [5.74, 6) is 2.16. The molecule has 1 saturated heterocycles. The molecule has 3 aliphatic rings. The second-order valence-electron chi connectivity index (χ2n) is 9.55. The quantitative estimate of drug-likeness (QED) is 0.712. The molecular weight excluding hydrogens is 396 g/mol. The number of carbonyl (C=O) groups is 1. The zero-order valence-electron chi connectivity index (χ0n) is 17.8. The normalized spacial score (nSPS) is 33.1. The summed E-state index contributed by atoms with van der Waals surface area (Å²) in [5.41, 5.74) is 3.18. The van der Waals surface area contributed by atoms with Crippen molar-refractivity contribution >= 4 is 17.5 Å². The average Bonchev–Trinajstić information content (AvgIpc) is 3.56. The first kappa shape index (κ1) is 19.9. The smallest absolute Gasteiger partial charge is 0.226 e. The van der Waals surface area contributed by atoms with E-state index >= 15 is 0 Å². The maximum absolute atomic E-state index is 12.9. The van der Waals surface area contributed by atoms with Gasteiger partial charge in [-0.3, -0.25) is 9.78 Å². The van der Waals surface area contributed by atoms with Crippen LogP contribution in [0.2, 0.25) is 5.02 Å². The molecule has 2 saturated carbocycles. The summed E-state index contributed by atoms with van der Waals surface area (Å²) in [5, 5.41) is 3.95. The molecule has 0 unspecified atom stereocenters. The Morgan fingerprint density at radius 1 is 1.20 bits per heavy atom. The highest BCUT2D eigenvalue weighted by Gasteiger charge is 2.58. The molecule has 158 valence electrons. The Morgan fingerprint density at radius 2 is 2.00 bits per heavy atom. The Kier molecular flexibility index (Phi) is 4.81. The van der Waals surface area contributed by atoms with Gasteiger partial charge in [-0.2, -0.15) is 0 Å². The third kappa shape index (κ3) is 3.11. The van der Waals surface area contributed by atoms with Gasteiger partial charge in [0.1, 0.15) is 5.75 Å². The van der Waals surface area contributed by atoms with Crippen LogP contribution in [-0.2, 0) is 4.79 Å². The molecular formula is C25H29ClN2O2. The number of pyridine rings is 1. The number of nitrogens with one attached hydrogen (secondary N) is 1. The molecule has 1 aromatic carbocycles. The fourth-order valence-corrected chi connectivity index (χ4v) is 6.29. The van der Waals surface area contributed by atoms with Crippen LogP contribution in [0.3, 0.4) is 0 Å². The maximum Gasteiger partial charge on any atom is 0.226 e. The highest BCUT2D eigenvalue weighted by molar-refractivity contribution is 6.31. The number of nitrogens with zero attached hydrogens (tertiary/aromatic N) is 1. The Labute approximate surface area is 183 Å². The topological polar surface area (TPSA) is 51.2 Å². The lowest BCUT2D eigenvalue weighted by atomic mass is 9.56. The highest BCUT2D eigenvalue weighted by Crippen LogP contribution is 2.59. The number of fused-ring (bicyclic) bond motifs is 1. The summed E-state index contributed by atoms with van der Waals surface area (Å²) in [6.07, 6.45) is 6.36. The van der Waals surface area contributed by atoms with Gasteiger partial charge < -0.3 is 10.1 Å². The zero-order valence-corrected chi connectivity index (χ0v) is 18.6. The standard InChI is InChI=1S/C25H29ClN2O2/c1-14-23-22(21-9-6-16(13-27-21)15-4-5-15)19(10-11-25(23,2)24(29)28-14)18-8-7-17(30-3)12-20(18)26/h6-9,12-15,19,22-23H,4-5,10-11H2,1-3H3,(H,28,29)/t14-,19+,22-,23+,25-/m1/s1. The van der Waals surface area contributed by atoms with E-state index in [2.05, 4.69) is 43.6 Å². The largest absolute Gasteiger partial charge is 0.497 e. The molecule has 1 N–H and O–H groups in total. The number of rotatable bonds is 4. The third-order valence-corrected chi connectivity index (χ3v) is 8.08. The van der Waals surface area contributed by atoms with Crippen molar-refractivity contribution in [1.82, 2.24) is 10.3 Å². The van der Waals surface area contributed by atoms with E-state index in [1.165, 1.54) is 18.4 Å². The monoisotopic (exact) mass is 424 g/mol. The predicted octanol–water partition coefficient (Wildman–Crippen LogP) is 5.42. The molecule has 4 nitrogen and oxygen atoms in total. The number of halogens is 1. The molecule has 1 aromatic heterocycles. The first-order valence-corrected chi connectivity index (χ1v) is 11.4. The van der Waals surface area contributed by atoms with Gasteiger partial charge in [0.15, 0.2) is 0 Å². The summed E-state index contributed by atoms with van der Waals surface area (Å²) >= 11 is 6.73. The minimum Gasteiger partial charge on any atom is -0.497 e. The Morgan fingerprint density at radius 3 is 2.63 bits per heavy atom. The SMILES string of the molecule is COc1ccc([C@@H]2CC[C@@]3(C)C(=O)N[C@H](C)[C@H]3[C@H]2c2ccc(C3CC3)cn2)c(Cl)c1. The number of hydrogen-bond donors (Lipinski definition) is 1. The molecule has 0 bridgehead atoms. The molecule has 5 atom stereocenters. The predicted molar refractivity (Wildman–Crippen MR) is 118 cm³/mol. The van der Waals surface area contributed by atoms with Crippen LogP contribution < -0.4 is 10.1 Å². The summed E-state index contributed by atoms with van der Waals surface area (Å²) < 4.78 is 5.36. The molecule has 2 aliphatic carbocycles. The van der Waals surface area contributed by atoms with E-state index in [1.54, 1.807) is 7.11 Å². The van der Waals surface area contributed by atoms with Crippen molar-refractivity contribution in [2.24, 2.45) is 11.3 Å². The molecule has 0 radical (unpaired) electrons. The van der Waals surface area contributed by atoms with E-state index in [9.17, 15) is 4.79 Å². The minimum atomic E-state index is -0.365. The van der Waals surface area contributed by atoms with Gasteiger partial charge in [0.2, 0.25) is 5.91 Å². The van der Waals surface area contributed by atoms with E-state index in [1.807, 2.05) is 12.1 Å². The van der Waals surface area contributed by atoms with Gasteiger partial charge in [0.05, 0.1) is 12.5 Å². The maximum atomic E-state index is 12.9. The number of hydrogen-bond acceptors (Lipinski definition) is 3. The van der Waals surface area contributed by atoms with E-state index in [0.717, 1.165) is 34.9 Å². The fourth-order valence-electron chi connectivity index (χ4n) is 5.98. The number of ether oxygens (including phenoxy) is 1. The molecule has 30 heavy (non-hydrogen) atoms. The van der Waals surface area contributed by atoms with E-state index < -0.39 is 0 Å². The number of amides is 1. The summed E-state index contributed by atoms with van der Waals surface area (Å²) in [6.45, 7) is 4.27. The van der Waals surface area contributed by atoms with Crippen LogP contribution in [-0.4, -0.2) is 24.0 Å². The lowest BCUT2D eigenvalue weighted by Crippen LogP contribution is -2.42. The summed E-state index contributed by atoms with van der Waals surface area (Å²) in [4.78, 5) is 17.8. The van der Waals surface area contributed by atoms with Crippen LogP contribution >= 0.6 is 11.6 Å². The Balaban J connectivity index is 1.59. The summed E-state index contributed by atoms with van der Waals surface area (Å²) in [6, 6.07) is 10.5. The van der Waals surface area contributed by atoms with Crippen LogP contribution in [0, 0.1) is 11.3 Å². The second kappa shape index (κ2) is 7.26. The van der Waals surface area contributed by atoms with Crippen molar-refractivity contribution in [1.29, 1.82) is 0 Å². The number of aromatic nitrogens is 1. The fraction of sp³-hybridized carbons (Fsp3) is 0.520. The van der Waals surface area contributed by atoms with Crippen molar-refractivity contribution in [3.63, 3.8) is 0 Å². The first-order valence-electron chi connectivity index (χ1n) is 11.0. The third-order valence-electron chi connectivity index (χ3n) is 7.75. The van der Waals surface area contributed by atoms with Gasteiger partial charge >= 0.3 is 0 Å². The van der Waals surface area contributed by atoms with Gasteiger partial charge in [0.25, 0.3) is 0 Å². The summed E-state index contributed by atoms with van der Waals surface area (Å²) in [7, 11) is 1.66. The zero-order chi connectivity index (χ0) is 21.0. The van der Waals surface area contributed by atoms with Gasteiger partial charge in [-0.25, -0.2) is 0 Å².